The number of pyridine rings is 1. The Morgan fingerprint density at radius 3 is 2.49 bits per heavy atom. The number of anilines is 4. The van der Waals surface area contributed by atoms with Gasteiger partial charge in [-0.25, -0.2) is 0 Å². The SMILES string of the molecule is COc1ccc(N2CC(C(=O)N3CCN(c4ccc(Nc5cccnc5)nn4)CC3)CC2=O)cc1. The first kappa shape index (κ1) is 22.6. The maximum atomic E-state index is 13.2. The van der Waals surface area contributed by atoms with Crippen LogP contribution in [0.3, 0.4) is 0 Å². The van der Waals surface area contributed by atoms with E-state index in [4.69, 9.17) is 4.74 Å². The van der Waals surface area contributed by atoms with Crippen molar-refractivity contribution in [2.75, 3.05) is 55.0 Å². The van der Waals surface area contributed by atoms with E-state index in [1.54, 1.807) is 24.4 Å². The van der Waals surface area contributed by atoms with Gasteiger partial charge in [0.05, 0.1) is 24.9 Å². The van der Waals surface area contributed by atoms with Crippen molar-refractivity contribution in [1.82, 2.24) is 20.1 Å². The first-order chi connectivity index (χ1) is 17.1. The molecule has 10 heteroatoms. The lowest BCUT2D eigenvalue weighted by atomic mass is 10.1. The number of methoxy groups -OCH3 is 1. The van der Waals surface area contributed by atoms with Gasteiger partial charge in [-0.15, -0.1) is 10.2 Å². The summed E-state index contributed by atoms with van der Waals surface area (Å²) in [5.74, 6) is 1.83. The summed E-state index contributed by atoms with van der Waals surface area (Å²) in [5, 5.41) is 11.8. The molecule has 0 bridgehead atoms. The molecule has 1 atom stereocenters. The molecule has 5 rings (SSSR count). The van der Waals surface area contributed by atoms with E-state index in [1.807, 2.05) is 53.4 Å². The number of hydrogen-bond acceptors (Lipinski definition) is 8. The van der Waals surface area contributed by atoms with Crippen LogP contribution in [0.1, 0.15) is 6.42 Å². The van der Waals surface area contributed by atoms with Gasteiger partial charge in [0.25, 0.3) is 0 Å². The van der Waals surface area contributed by atoms with E-state index in [0.717, 1.165) is 22.9 Å². The summed E-state index contributed by atoms with van der Waals surface area (Å²) in [5.41, 5.74) is 1.63. The lowest BCUT2D eigenvalue weighted by molar-refractivity contribution is -0.136. The van der Waals surface area contributed by atoms with Crippen molar-refractivity contribution in [1.29, 1.82) is 0 Å². The first-order valence-electron chi connectivity index (χ1n) is 11.6. The molecule has 2 aromatic heterocycles. The van der Waals surface area contributed by atoms with Crippen LogP contribution < -0.4 is 19.9 Å². The molecular weight excluding hydrogens is 446 g/mol. The number of aromatic nitrogens is 3. The Morgan fingerprint density at radius 1 is 1.03 bits per heavy atom. The fraction of sp³-hybridized carbons (Fsp3) is 0.320. The van der Waals surface area contributed by atoms with Gasteiger partial charge in [0.15, 0.2) is 11.6 Å². The molecule has 0 spiro atoms. The maximum absolute atomic E-state index is 13.2. The average Bonchev–Trinajstić information content (AvgIpc) is 3.31. The zero-order valence-corrected chi connectivity index (χ0v) is 19.5. The van der Waals surface area contributed by atoms with Crippen molar-refractivity contribution in [3.8, 4) is 5.75 Å². The van der Waals surface area contributed by atoms with Crippen LogP contribution >= 0.6 is 0 Å². The molecule has 1 N–H and O–H groups in total. The van der Waals surface area contributed by atoms with Crippen molar-refractivity contribution in [3.05, 3.63) is 60.9 Å². The van der Waals surface area contributed by atoms with Crippen LogP contribution in [0.4, 0.5) is 23.0 Å². The van der Waals surface area contributed by atoms with Crippen molar-refractivity contribution in [2.24, 2.45) is 5.92 Å². The summed E-state index contributed by atoms with van der Waals surface area (Å²) < 4.78 is 5.19. The lowest BCUT2D eigenvalue weighted by Gasteiger charge is -2.36. The quantitative estimate of drug-likeness (QED) is 0.582. The molecule has 2 aliphatic heterocycles. The van der Waals surface area contributed by atoms with E-state index < -0.39 is 0 Å². The van der Waals surface area contributed by atoms with Crippen LogP contribution in [-0.4, -0.2) is 71.7 Å². The number of piperazine rings is 1. The summed E-state index contributed by atoms with van der Waals surface area (Å²) in [6.07, 6.45) is 3.67. The molecule has 0 saturated carbocycles. The summed E-state index contributed by atoms with van der Waals surface area (Å²) >= 11 is 0. The molecule has 2 fully saturated rings. The van der Waals surface area contributed by atoms with Gasteiger partial charge in [0, 0.05) is 51.0 Å². The minimum absolute atomic E-state index is 0.0255. The van der Waals surface area contributed by atoms with Crippen molar-refractivity contribution in [3.63, 3.8) is 0 Å². The monoisotopic (exact) mass is 473 g/mol. The standard InChI is InChI=1S/C25H27N7O3/c1-35-21-6-4-20(5-7-21)32-17-18(15-24(32)33)25(34)31-13-11-30(12-14-31)23-9-8-22(28-29-23)27-19-3-2-10-26-16-19/h2-10,16,18H,11-15,17H2,1H3,(H,27,28). The van der Waals surface area contributed by atoms with Gasteiger partial charge < -0.3 is 24.8 Å². The molecular formula is C25H27N7O3. The van der Waals surface area contributed by atoms with E-state index in [9.17, 15) is 9.59 Å². The second-order valence-electron chi connectivity index (χ2n) is 8.56. The van der Waals surface area contributed by atoms with E-state index in [2.05, 4.69) is 25.4 Å². The van der Waals surface area contributed by atoms with Gasteiger partial charge >= 0.3 is 0 Å². The van der Waals surface area contributed by atoms with Crippen LogP contribution in [0.25, 0.3) is 0 Å². The predicted molar refractivity (Wildman–Crippen MR) is 132 cm³/mol. The summed E-state index contributed by atoms with van der Waals surface area (Å²) in [7, 11) is 1.60. The minimum atomic E-state index is -0.325. The average molecular weight is 474 g/mol. The Balaban J connectivity index is 1.14. The van der Waals surface area contributed by atoms with Gasteiger partial charge in [0.1, 0.15) is 5.75 Å². The number of amides is 2. The predicted octanol–water partition coefficient (Wildman–Crippen LogP) is 2.33. The van der Waals surface area contributed by atoms with Gasteiger partial charge in [-0.2, -0.15) is 0 Å². The van der Waals surface area contributed by atoms with Gasteiger partial charge in [0.2, 0.25) is 11.8 Å². The molecule has 0 aliphatic carbocycles. The number of benzene rings is 1. The Kier molecular flexibility index (Phi) is 6.42. The minimum Gasteiger partial charge on any atom is -0.497 e. The number of carbonyl (C=O) groups is 2. The van der Waals surface area contributed by atoms with E-state index in [1.165, 1.54) is 0 Å². The fourth-order valence-electron chi connectivity index (χ4n) is 4.44. The van der Waals surface area contributed by atoms with Crippen molar-refractivity contribution >= 4 is 34.8 Å². The molecule has 180 valence electrons. The normalized spacial score (nSPS) is 18.0. The van der Waals surface area contributed by atoms with Crippen LogP contribution in [-0.2, 0) is 9.59 Å². The number of rotatable bonds is 6. The highest BCUT2D eigenvalue weighted by Gasteiger charge is 2.38. The fourth-order valence-corrected chi connectivity index (χ4v) is 4.44. The number of carbonyl (C=O) groups excluding carboxylic acids is 2. The van der Waals surface area contributed by atoms with E-state index in [-0.39, 0.29) is 24.2 Å². The summed E-state index contributed by atoms with van der Waals surface area (Å²) in [6.45, 7) is 2.91. The molecule has 2 aliphatic rings. The first-order valence-corrected chi connectivity index (χ1v) is 11.6. The Bertz CT molecular complexity index is 1160. The van der Waals surface area contributed by atoms with Gasteiger partial charge in [-0.3, -0.25) is 14.6 Å². The Hall–Kier alpha value is -4.21. The molecule has 10 nitrogen and oxygen atoms in total. The molecule has 2 amide bonds. The second-order valence-corrected chi connectivity index (χ2v) is 8.56. The zero-order chi connectivity index (χ0) is 24.2. The van der Waals surface area contributed by atoms with Gasteiger partial charge in [-0.1, -0.05) is 0 Å². The Labute approximate surface area is 203 Å². The molecule has 35 heavy (non-hydrogen) atoms. The number of hydrogen-bond donors (Lipinski definition) is 1. The second kappa shape index (κ2) is 9.96. The number of nitrogens with one attached hydrogen (secondary N) is 1. The van der Waals surface area contributed by atoms with Gasteiger partial charge in [-0.05, 0) is 48.5 Å². The summed E-state index contributed by atoms with van der Waals surface area (Å²) in [6, 6.07) is 14.9. The highest BCUT2D eigenvalue weighted by Crippen LogP contribution is 2.28. The molecule has 1 unspecified atom stereocenters. The van der Waals surface area contributed by atoms with E-state index in [0.29, 0.717) is 38.5 Å². The number of nitrogens with zero attached hydrogens (tertiary/aromatic N) is 6. The largest absolute Gasteiger partial charge is 0.497 e. The lowest BCUT2D eigenvalue weighted by Crippen LogP contribution is -2.51. The molecule has 3 aromatic rings. The molecule has 1 aromatic carbocycles. The maximum Gasteiger partial charge on any atom is 0.228 e. The third-order valence-corrected chi connectivity index (χ3v) is 6.36. The van der Waals surface area contributed by atoms with Crippen LogP contribution in [0, 0.1) is 5.92 Å². The van der Waals surface area contributed by atoms with Crippen molar-refractivity contribution < 1.29 is 14.3 Å². The zero-order valence-electron chi connectivity index (χ0n) is 19.5. The highest BCUT2D eigenvalue weighted by molar-refractivity contribution is 6.00. The summed E-state index contributed by atoms with van der Waals surface area (Å²) in [4.78, 5) is 35.5. The van der Waals surface area contributed by atoms with Crippen LogP contribution in [0.2, 0.25) is 0 Å². The molecule has 0 radical (unpaired) electrons. The van der Waals surface area contributed by atoms with E-state index >= 15 is 0 Å². The highest BCUT2D eigenvalue weighted by atomic mass is 16.5. The number of ether oxygens (including phenoxy) is 1. The topological polar surface area (TPSA) is 104 Å². The smallest absolute Gasteiger partial charge is 0.228 e. The van der Waals surface area contributed by atoms with Crippen molar-refractivity contribution in [2.45, 2.75) is 6.42 Å². The third-order valence-electron chi connectivity index (χ3n) is 6.36. The van der Waals surface area contributed by atoms with Crippen LogP contribution in [0.5, 0.6) is 5.75 Å². The molecule has 4 heterocycles. The third kappa shape index (κ3) is 5.01. The molecule has 2 saturated heterocycles. The Morgan fingerprint density at radius 2 is 1.83 bits per heavy atom. The van der Waals surface area contributed by atoms with Crippen LogP contribution in [0.15, 0.2) is 60.9 Å².